The van der Waals surface area contributed by atoms with Gasteiger partial charge in [-0.25, -0.2) is 0 Å². The Morgan fingerprint density at radius 2 is 1.78 bits per heavy atom. The van der Waals surface area contributed by atoms with E-state index in [0.717, 1.165) is 0 Å². The van der Waals surface area contributed by atoms with Gasteiger partial charge in [-0.2, -0.15) is 0 Å². The average Bonchev–Trinajstić information content (AvgIpc) is 1.27. The molecule has 0 spiro atoms. The van der Waals surface area contributed by atoms with E-state index in [1.165, 1.54) is 19.9 Å². The van der Waals surface area contributed by atoms with Crippen molar-refractivity contribution in [2.75, 3.05) is 0 Å². The molecule has 0 aromatic carbocycles. The van der Waals surface area contributed by atoms with Crippen LogP contribution < -0.4 is 0 Å². The summed E-state index contributed by atoms with van der Waals surface area (Å²) in [7, 11) is 0. The molecule has 0 amide bonds. The van der Waals surface area contributed by atoms with Gasteiger partial charge in [0.1, 0.15) is 0 Å². The molecule has 0 radical (unpaired) electrons. The topological polar surface area (TPSA) is 68.8 Å². The first kappa shape index (κ1) is 16.3. The van der Waals surface area contributed by atoms with Crippen molar-refractivity contribution >= 4 is 5.78 Å². The van der Waals surface area contributed by atoms with Crippen molar-refractivity contribution in [2.24, 2.45) is 0 Å². The minimum Gasteiger partial charge on any atom is -0.512 e. The molecular formula is C5H10O3Yb. The summed E-state index contributed by atoms with van der Waals surface area (Å²) in [6.45, 7) is 2.85. The van der Waals surface area contributed by atoms with Gasteiger partial charge in [0.15, 0.2) is 5.78 Å². The van der Waals surface area contributed by atoms with E-state index in [-0.39, 0.29) is 63.9 Å². The maximum Gasteiger partial charge on any atom is 0.155 e. The first-order chi connectivity index (χ1) is 3.13. The van der Waals surface area contributed by atoms with Crippen LogP contribution in [-0.4, -0.2) is 16.4 Å². The van der Waals surface area contributed by atoms with Crippen molar-refractivity contribution in [3.8, 4) is 0 Å². The van der Waals surface area contributed by atoms with Crippen LogP contribution in [0, 0.1) is 46.9 Å². The molecule has 0 aliphatic rings. The fraction of sp³-hybridized carbons (Fsp3) is 0.400. The first-order valence-electron chi connectivity index (χ1n) is 2.01. The third-order valence-corrected chi connectivity index (χ3v) is 0.412. The van der Waals surface area contributed by atoms with Crippen LogP contribution in [-0.2, 0) is 4.79 Å². The molecule has 3 N–H and O–H groups in total. The predicted molar refractivity (Wildman–Crippen MR) is 30.7 cm³/mol. The molecule has 0 saturated heterocycles. The SMILES string of the molecule is CC(=O)/C=C(/C)O.O.[Yb]. The van der Waals surface area contributed by atoms with E-state index < -0.39 is 0 Å². The van der Waals surface area contributed by atoms with Crippen molar-refractivity contribution in [3.05, 3.63) is 11.8 Å². The summed E-state index contributed by atoms with van der Waals surface area (Å²) in [6.07, 6.45) is 1.17. The maximum atomic E-state index is 10.0. The summed E-state index contributed by atoms with van der Waals surface area (Å²) in [5.74, 6) is -0.0625. The molecule has 0 aliphatic heterocycles. The molecule has 4 heteroatoms. The van der Waals surface area contributed by atoms with Gasteiger partial charge in [-0.3, -0.25) is 4.79 Å². The summed E-state index contributed by atoms with van der Waals surface area (Å²) < 4.78 is 0. The minimum atomic E-state index is -0.125. The minimum absolute atomic E-state index is 0. The summed E-state index contributed by atoms with van der Waals surface area (Å²) in [6, 6.07) is 0. The van der Waals surface area contributed by atoms with Crippen LogP contribution >= 0.6 is 0 Å². The Labute approximate surface area is 92.7 Å². The fourth-order valence-electron chi connectivity index (χ4n) is 0.294. The van der Waals surface area contributed by atoms with Crippen LogP contribution in [0.4, 0.5) is 0 Å². The maximum absolute atomic E-state index is 10.0. The molecule has 0 fully saturated rings. The molecule has 0 saturated carbocycles. The van der Waals surface area contributed by atoms with Gasteiger partial charge in [-0.15, -0.1) is 0 Å². The second-order valence-corrected chi connectivity index (χ2v) is 1.40. The van der Waals surface area contributed by atoms with Crippen molar-refractivity contribution in [1.82, 2.24) is 0 Å². The van der Waals surface area contributed by atoms with Gasteiger partial charge in [0.2, 0.25) is 0 Å². The van der Waals surface area contributed by atoms with E-state index in [9.17, 15) is 4.79 Å². The number of carbonyl (C=O) groups excluding carboxylic acids is 1. The summed E-state index contributed by atoms with van der Waals surface area (Å²) >= 11 is 0. The number of ketones is 1. The van der Waals surface area contributed by atoms with Crippen LogP contribution in [0.15, 0.2) is 11.8 Å². The molecule has 0 aliphatic carbocycles. The van der Waals surface area contributed by atoms with Crippen molar-refractivity contribution in [1.29, 1.82) is 0 Å². The molecule has 0 atom stereocenters. The van der Waals surface area contributed by atoms with Gasteiger partial charge >= 0.3 is 0 Å². The van der Waals surface area contributed by atoms with Crippen LogP contribution in [0.25, 0.3) is 0 Å². The quantitative estimate of drug-likeness (QED) is 0.554. The number of allylic oxidation sites excluding steroid dienone is 2. The Hall–Kier alpha value is 0.689. The largest absolute Gasteiger partial charge is 0.512 e. The van der Waals surface area contributed by atoms with E-state index in [2.05, 4.69) is 0 Å². The molecule has 0 bridgehead atoms. The van der Waals surface area contributed by atoms with Crippen LogP contribution in [0.3, 0.4) is 0 Å². The first-order valence-corrected chi connectivity index (χ1v) is 2.01. The zero-order chi connectivity index (χ0) is 5.86. The van der Waals surface area contributed by atoms with Crippen molar-refractivity contribution < 1.29 is 62.3 Å². The Kier molecular flexibility index (Phi) is 15.8. The molecule has 62 valence electrons. The third-order valence-electron chi connectivity index (χ3n) is 0.412. The number of rotatable bonds is 1. The summed E-state index contributed by atoms with van der Waals surface area (Å²) in [4.78, 5) is 10.0. The Balaban J connectivity index is -0.000000180. The fourth-order valence-corrected chi connectivity index (χ4v) is 0.294. The molecule has 0 heterocycles. The normalized spacial score (nSPS) is 8.89. The van der Waals surface area contributed by atoms with E-state index in [1.54, 1.807) is 0 Å². The second kappa shape index (κ2) is 8.69. The standard InChI is InChI=1S/C5H8O2.H2O.Yb/c1-4(6)3-5(2)7;;/h3,6H,1-2H3;1H2;/b4-3-;;. The second-order valence-electron chi connectivity index (χ2n) is 1.40. The van der Waals surface area contributed by atoms with Crippen LogP contribution in [0.2, 0.25) is 0 Å². The molecule has 0 unspecified atom stereocenters. The zero-order valence-corrected chi connectivity index (χ0v) is 6.91. The number of carbonyl (C=O) groups is 1. The molecule has 0 aromatic rings. The molecule has 9 heavy (non-hydrogen) atoms. The van der Waals surface area contributed by atoms with Crippen LogP contribution in [0.5, 0.6) is 0 Å². The smallest absolute Gasteiger partial charge is 0.155 e. The zero-order valence-electron chi connectivity index (χ0n) is 5.20. The van der Waals surface area contributed by atoms with Gasteiger partial charge in [-0.05, 0) is 13.8 Å². The van der Waals surface area contributed by atoms with Crippen LogP contribution in [0.1, 0.15) is 13.8 Å². The molecule has 0 rings (SSSR count). The van der Waals surface area contributed by atoms with Gasteiger partial charge in [0, 0.05) is 53.0 Å². The number of aliphatic hydroxyl groups is 1. The monoisotopic (exact) mass is 292 g/mol. The van der Waals surface area contributed by atoms with Crippen molar-refractivity contribution in [2.45, 2.75) is 13.8 Å². The van der Waals surface area contributed by atoms with Gasteiger partial charge in [0.05, 0.1) is 5.76 Å². The Morgan fingerprint density at radius 1 is 1.44 bits per heavy atom. The average molecular weight is 291 g/mol. The van der Waals surface area contributed by atoms with E-state index in [0.29, 0.717) is 0 Å². The summed E-state index contributed by atoms with van der Waals surface area (Å²) in [5.41, 5.74) is 0. The Morgan fingerprint density at radius 3 is 1.78 bits per heavy atom. The van der Waals surface area contributed by atoms with Gasteiger partial charge < -0.3 is 10.6 Å². The Bertz CT molecular complexity index is 105. The van der Waals surface area contributed by atoms with Crippen molar-refractivity contribution in [3.63, 3.8) is 0 Å². The third kappa shape index (κ3) is 17.7. The molecule has 0 aromatic heterocycles. The predicted octanol–water partition coefficient (Wildman–Crippen LogP) is 0.213. The van der Waals surface area contributed by atoms with E-state index in [4.69, 9.17) is 5.11 Å². The molecular weight excluding hydrogens is 281 g/mol. The number of hydrogen-bond acceptors (Lipinski definition) is 2. The van der Waals surface area contributed by atoms with Gasteiger partial charge in [-0.1, -0.05) is 0 Å². The number of aliphatic hydroxyl groups excluding tert-OH is 1. The van der Waals surface area contributed by atoms with E-state index in [1.807, 2.05) is 0 Å². The summed E-state index contributed by atoms with van der Waals surface area (Å²) in [5, 5.41) is 8.36. The van der Waals surface area contributed by atoms with E-state index >= 15 is 0 Å². The van der Waals surface area contributed by atoms with Gasteiger partial charge in [0.25, 0.3) is 0 Å². The number of hydrogen-bond donors (Lipinski definition) is 1. The molecule has 3 nitrogen and oxygen atoms in total.